The van der Waals surface area contributed by atoms with Gasteiger partial charge in [0, 0.05) is 24.7 Å². The Bertz CT molecular complexity index is 459. The molecule has 1 saturated heterocycles. The SMILES string of the molecule is CNC1CCCN(C(=O)c2c(C)cc(C)cc2C)C1. The van der Waals surface area contributed by atoms with Crippen LogP contribution in [0.2, 0.25) is 0 Å². The molecule has 1 aromatic rings. The summed E-state index contributed by atoms with van der Waals surface area (Å²) in [6.07, 6.45) is 2.24. The third-order valence-electron chi connectivity index (χ3n) is 4.01. The van der Waals surface area contributed by atoms with E-state index in [1.165, 1.54) is 5.56 Å². The van der Waals surface area contributed by atoms with Crippen molar-refractivity contribution in [1.82, 2.24) is 10.2 Å². The smallest absolute Gasteiger partial charge is 0.254 e. The Balaban J connectivity index is 2.24. The maximum Gasteiger partial charge on any atom is 0.254 e. The average molecular weight is 260 g/mol. The topological polar surface area (TPSA) is 32.3 Å². The van der Waals surface area contributed by atoms with Crippen molar-refractivity contribution < 1.29 is 4.79 Å². The van der Waals surface area contributed by atoms with Crippen LogP contribution in [-0.4, -0.2) is 37.0 Å². The molecule has 3 nitrogen and oxygen atoms in total. The van der Waals surface area contributed by atoms with Crippen molar-refractivity contribution in [2.24, 2.45) is 0 Å². The Morgan fingerprint density at radius 1 is 1.26 bits per heavy atom. The predicted molar refractivity (Wildman–Crippen MR) is 78.6 cm³/mol. The van der Waals surface area contributed by atoms with Crippen LogP contribution in [0, 0.1) is 20.8 Å². The molecule has 1 N–H and O–H groups in total. The van der Waals surface area contributed by atoms with E-state index in [0.29, 0.717) is 6.04 Å². The summed E-state index contributed by atoms with van der Waals surface area (Å²) in [6, 6.07) is 4.63. The first kappa shape index (κ1) is 14.1. The number of likely N-dealkylation sites (tertiary alicyclic amines) is 1. The summed E-state index contributed by atoms with van der Waals surface area (Å²) >= 11 is 0. The van der Waals surface area contributed by atoms with Gasteiger partial charge in [-0.2, -0.15) is 0 Å². The van der Waals surface area contributed by atoms with Gasteiger partial charge in [-0.05, 0) is 51.8 Å². The molecule has 104 valence electrons. The second-order valence-corrected chi connectivity index (χ2v) is 5.65. The van der Waals surface area contributed by atoms with Crippen LogP contribution in [0.5, 0.6) is 0 Å². The summed E-state index contributed by atoms with van der Waals surface area (Å²) in [7, 11) is 1.97. The van der Waals surface area contributed by atoms with E-state index in [2.05, 4.69) is 24.4 Å². The average Bonchev–Trinajstić information content (AvgIpc) is 2.37. The molecule has 1 fully saturated rings. The van der Waals surface area contributed by atoms with Crippen molar-refractivity contribution in [3.63, 3.8) is 0 Å². The lowest BCUT2D eigenvalue weighted by atomic mass is 9.97. The van der Waals surface area contributed by atoms with E-state index in [1.54, 1.807) is 0 Å². The molecule has 1 aliphatic heterocycles. The molecule has 0 bridgehead atoms. The fourth-order valence-corrected chi connectivity index (χ4v) is 3.07. The first-order chi connectivity index (χ1) is 9.02. The van der Waals surface area contributed by atoms with Gasteiger partial charge in [0.2, 0.25) is 0 Å². The first-order valence-electron chi connectivity index (χ1n) is 7.07. The minimum atomic E-state index is 0.190. The fraction of sp³-hybridized carbons (Fsp3) is 0.562. The number of likely N-dealkylation sites (N-methyl/N-ethyl adjacent to an activating group) is 1. The van der Waals surface area contributed by atoms with Crippen LogP contribution in [0.1, 0.15) is 39.9 Å². The molecule has 1 atom stereocenters. The van der Waals surface area contributed by atoms with Gasteiger partial charge < -0.3 is 10.2 Å². The number of piperidine rings is 1. The van der Waals surface area contributed by atoms with E-state index in [1.807, 2.05) is 25.8 Å². The normalized spacial score (nSPS) is 19.6. The number of nitrogens with zero attached hydrogens (tertiary/aromatic N) is 1. The molecule has 0 saturated carbocycles. The molecule has 1 aliphatic rings. The second-order valence-electron chi connectivity index (χ2n) is 5.65. The van der Waals surface area contributed by atoms with Gasteiger partial charge >= 0.3 is 0 Å². The summed E-state index contributed by atoms with van der Waals surface area (Å²) in [4.78, 5) is 14.7. The highest BCUT2D eigenvalue weighted by Crippen LogP contribution is 2.20. The lowest BCUT2D eigenvalue weighted by Gasteiger charge is -2.33. The number of amides is 1. The standard InChI is InChI=1S/C16H24N2O/c1-11-8-12(2)15(13(3)9-11)16(19)18-7-5-6-14(10-18)17-4/h8-9,14,17H,5-7,10H2,1-4H3. The zero-order chi connectivity index (χ0) is 14.0. The van der Waals surface area contributed by atoms with Gasteiger partial charge in [0.25, 0.3) is 5.91 Å². The highest BCUT2D eigenvalue weighted by atomic mass is 16.2. The van der Waals surface area contributed by atoms with Crippen LogP contribution in [0.4, 0.5) is 0 Å². The van der Waals surface area contributed by atoms with Gasteiger partial charge in [0.15, 0.2) is 0 Å². The zero-order valence-electron chi connectivity index (χ0n) is 12.4. The van der Waals surface area contributed by atoms with Crippen molar-refractivity contribution in [3.05, 3.63) is 34.4 Å². The first-order valence-corrected chi connectivity index (χ1v) is 7.07. The molecular formula is C16H24N2O. The third kappa shape index (κ3) is 2.98. The Morgan fingerprint density at radius 2 is 1.89 bits per heavy atom. The molecule has 1 unspecified atom stereocenters. The van der Waals surface area contributed by atoms with E-state index >= 15 is 0 Å². The molecule has 1 aromatic carbocycles. The summed E-state index contributed by atoms with van der Waals surface area (Å²) < 4.78 is 0. The quantitative estimate of drug-likeness (QED) is 0.886. The largest absolute Gasteiger partial charge is 0.337 e. The van der Waals surface area contributed by atoms with E-state index < -0.39 is 0 Å². The maximum absolute atomic E-state index is 12.7. The highest BCUT2D eigenvalue weighted by Gasteiger charge is 2.25. The van der Waals surface area contributed by atoms with Crippen molar-refractivity contribution in [2.75, 3.05) is 20.1 Å². The number of hydrogen-bond acceptors (Lipinski definition) is 2. The molecule has 0 aromatic heterocycles. The Morgan fingerprint density at radius 3 is 2.47 bits per heavy atom. The van der Waals surface area contributed by atoms with Crippen LogP contribution in [0.25, 0.3) is 0 Å². The van der Waals surface area contributed by atoms with Gasteiger partial charge in [0.1, 0.15) is 0 Å². The van der Waals surface area contributed by atoms with E-state index in [0.717, 1.165) is 42.6 Å². The highest BCUT2D eigenvalue weighted by molar-refractivity contribution is 5.97. The van der Waals surface area contributed by atoms with Crippen molar-refractivity contribution in [1.29, 1.82) is 0 Å². The molecule has 3 heteroatoms. The number of nitrogens with one attached hydrogen (secondary N) is 1. The number of benzene rings is 1. The van der Waals surface area contributed by atoms with E-state index in [-0.39, 0.29) is 5.91 Å². The molecule has 19 heavy (non-hydrogen) atoms. The van der Waals surface area contributed by atoms with Gasteiger partial charge in [-0.3, -0.25) is 4.79 Å². The summed E-state index contributed by atoms with van der Waals surface area (Å²) in [5.41, 5.74) is 4.30. The van der Waals surface area contributed by atoms with E-state index in [9.17, 15) is 4.79 Å². The molecule has 2 rings (SSSR count). The Labute approximate surface area is 116 Å². The van der Waals surface area contributed by atoms with Crippen LogP contribution >= 0.6 is 0 Å². The number of rotatable bonds is 2. The Kier molecular flexibility index (Phi) is 4.25. The monoisotopic (exact) mass is 260 g/mol. The number of hydrogen-bond donors (Lipinski definition) is 1. The lowest BCUT2D eigenvalue weighted by molar-refractivity contribution is 0.0696. The van der Waals surface area contributed by atoms with Gasteiger partial charge in [0.05, 0.1) is 0 Å². The molecule has 0 aliphatic carbocycles. The van der Waals surface area contributed by atoms with Gasteiger partial charge in [-0.15, -0.1) is 0 Å². The van der Waals surface area contributed by atoms with Crippen molar-refractivity contribution in [2.45, 2.75) is 39.7 Å². The number of aryl methyl sites for hydroxylation is 3. The molecule has 1 amide bonds. The van der Waals surface area contributed by atoms with Gasteiger partial charge in [-0.25, -0.2) is 0 Å². The molecule has 0 spiro atoms. The second kappa shape index (κ2) is 5.74. The maximum atomic E-state index is 12.7. The minimum absolute atomic E-state index is 0.190. The summed E-state index contributed by atoms with van der Waals surface area (Å²) in [5, 5.41) is 3.28. The van der Waals surface area contributed by atoms with Crippen LogP contribution < -0.4 is 5.32 Å². The molecule has 0 radical (unpaired) electrons. The van der Waals surface area contributed by atoms with Crippen molar-refractivity contribution in [3.8, 4) is 0 Å². The Hall–Kier alpha value is -1.35. The lowest BCUT2D eigenvalue weighted by Crippen LogP contribution is -2.47. The fourth-order valence-electron chi connectivity index (χ4n) is 3.07. The van der Waals surface area contributed by atoms with Gasteiger partial charge in [-0.1, -0.05) is 17.7 Å². The molecular weight excluding hydrogens is 236 g/mol. The predicted octanol–water partition coefficient (Wildman–Crippen LogP) is 2.44. The van der Waals surface area contributed by atoms with Crippen LogP contribution in [-0.2, 0) is 0 Å². The van der Waals surface area contributed by atoms with Crippen LogP contribution in [0.15, 0.2) is 12.1 Å². The molecule has 1 heterocycles. The van der Waals surface area contributed by atoms with Crippen molar-refractivity contribution >= 4 is 5.91 Å². The zero-order valence-corrected chi connectivity index (χ0v) is 12.4. The number of carbonyl (C=O) groups is 1. The van der Waals surface area contributed by atoms with E-state index in [4.69, 9.17) is 0 Å². The minimum Gasteiger partial charge on any atom is -0.337 e. The third-order valence-corrected chi connectivity index (χ3v) is 4.01. The number of carbonyl (C=O) groups excluding carboxylic acids is 1. The summed E-state index contributed by atoms with van der Waals surface area (Å²) in [5.74, 6) is 0.190. The van der Waals surface area contributed by atoms with Crippen LogP contribution in [0.3, 0.4) is 0 Å². The summed E-state index contributed by atoms with van der Waals surface area (Å²) in [6.45, 7) is 7.84.